The molecule has 25 heavy (non-hydrogen) atoms. The fourth-order valence-corrected chi connectivity index (χ4v) is 6.39. The summed E-state index contributed by atoms with van der Waals surface area (Å²) in [6, 6.07) is 0. The number of sulfonamides is 1. The van der Waals surface area contributed by atoms with Crippen LogP contribution in [0.1, 0.15) is 58.3 Å². The van der Waals surface area contributed by atoms with Crippen molar-refractivity contribution in [1.82, 2.24) is 9.21 Å². The Bertz CT molecular complexity index is 566. The molecule has 0 spiro atoms. The van der Waals surface area contributed by atoms with Crippen LogP contribution in [0.15, 0.2) is 0 Å². The van der Waals surface area contributed by atoms with Crippen molar-refractivity contribution in [2.24, 2.45) is 5.41 Å². The van der Waals surface area contributed by atoms with Gasteiger partial charge in [-0.15, -0.1) is 0 Å². The zero-order valence-electron chi connectivity index (χ0n) is 15.4. The fourth-order valence-electron chi connectivity index (χ4n) is 4.48. The van der Waals surface area contributed by atoms with Crippen LogP contribution in [0.2, 0.25) is 0 Å². The van der Waals surface area contributed by atoms with Crippen LogP contribution >= 0.6 is 0 Å². The molecule has 1 amide bonds. The monoisotopic (exact) mass is 372 g/mol. The Morgan fingerprint density at radius 2 is 1.76 bits per heavy atom. The third-order valence-corrected chi connectivity index (χ3v) is 8.43. The van der Waals surface area contributed by atoms with Gasteiger partial charge in [0.25, 0.3) is 0 Å². The number of piperidine rings is 1. The summed E-state index contributed by atoms with van der Waals surface area (Å²) in [6.07, 6.45) is 7.90. The van der Waals surface area contributed by atoms with Gasteiger partial charge in [0, 0.05) is 32.6 Å². The second-order valence-electron chi connectivity index (χ2n) is 8.21. The Kier molecular flexibility index (Phi) is 6.06. The van der Waals surface area contributed by atoms with Crippen molar-refractivity contribution in [1.29, 1.82) is 0 Å². The van der Waals surface area contributed by atoms with E-state index in [-0.39, 0.29) is 11.3 Å². The molecule has 1 aliphatic carbocycles. The lowest BCUT2D eigenvalue weighted by Crippen LogP contribution is -2.52. The van der Waals surface area contributed by atoms with Crippen molar-refractivity contribution in [3.8, 4) is 0 Å². The van der Waals surface area contributed by atoms with Crippen LogP contribution < -0.4 is 0 Å². The van der Waals surface area contributed by atoms with E-state index in [0.717, 1.165) is 19.3 Å². The molecule has 2 aliphatic heterocycles. The molecule has 0 aromatic carbocycles. The number of hydrogen-bond donors (Lipinski definition) is 0. The van der Waals surface area contributed by atoms with Gasteiger partial charge >= 0.3 is 0 Å². The minimum atomic E-state index is -3.34. The summed E-state index contributed by atoms with van der Waals surface area (Å²) in [6.45, 7) is 5.07. The largest absolute Gasteiger partial charge is 0.379 e. The van der Waals surface area contributed by atoms with Crippen molar-refractivity contribution in [2.45, 2.75) is 63.5 Å². The normalized spacial score (nSPS) is 28.7. The van der Waals surface area contributed by atoms with E-state index >= 15 is 0 Å². The zero-order valence-corrected chi connectivity index (χ0v) is 16.2. The van der Waals surface area contributed by atoms with Gasteiger partial charge in [-0.05, 0) is 31.1 Å². The number of carbonyl (C=O) groups is 1. The number of nitrogens with zero attached hydrogens (tertiary/aromatic N) is 2. The van der Waals surface area contributed by atoms with Crippen molar-refractivity contribution in [3.05, 3.63) is 0 Å². The van der Waals surface area contributed by atoms with Crippen LogP contribution in [0.5, 0.6) is 0 Å². The Labute approximate surface area is 151 Å². The quantitative estimate of drug-likeness (QED) is 0.757. The molecule has 2 saturated heterocycles. The smallest absolute Gasteiger partial charge is 0.223 e. The highest BCUT2D eigenvalue weighted by Gasteiger charge is 2.38. The first kappa shape index (κ1) is 19.1. The lowest BCUT2D eigenvalue weighted by Gasteiger charge is -2.39. The molecule has 1 saturated carbocycles. The van der Waals surface area contributed by atoms with Crippen molar-refractivity contribution >= 4 is 15.9 Å². The number of morpholine rings is 1. The zero-order chi connectivity index (χ0) is 17.9. The molecule has 6 nitrogen and oxygen atoms in total. The van der Waals surface area contributed by atoms with Gasteiger partial charge < -0.3 is 9.64 Å². The first-order valence-electron chi connectivity index (χ1n) is 9.75. The van der Waals surface area contributed by atoms with Crippen molar-refractivity contribution < 1.29 is 17.9 Å². The highest BCUT2D eigenvalue weighted by atomic mass is 32.2. The third-order valence-electron chi connectivity index (χ3n) is 6.12. The molecule has 2 heterocycles. The minimum absolute atomic E-state index is 0.103. The van der Waals surface area contributed by atoms with Gasteiger partial charge in [-0.25, -0.2) is 8.42 Å². The number of amides is 1. The third kappa shape index (κ3) is 4.55. The number of carbonyl (C=O) groups excluding carboxylic acids is 1. The second kappa shape index (κ2) is 7.92. The first-order valence-corrected chi connectivity index (χ1v) is 11.3. The fraction of sp³-hybridized carbons (Fsp3) is 0.944. The minimum Gasteiger partial charge on any atom is -0.379 e. The summed E-state index contributed by atoms with van der Waals surface area (Å²) in [7, 11) is -3.34. The van der Waals surface area contributed by atoms with E-state index in [0.29, 0.717) is 52.2 Å². The summed E-state index contributed by atoms with van der Waals surface area (Å²) in [4.78, 5) is 14.6. The summed E-state index contributed by atoms with van der Waals surface area (Å²) >= 11 is 0. The summed E-state index contributed by atoms with van der Waals surface area (Å²) < 4.78 is 32.6. The molecule has 144 valence electrons. The standard InChI is InChI=1S/C18H32N2O4S/c1-18(7-3-2-4-8-18)14-17(21)19-9-5-6-16(15-19)25(22,23)20-10-12-24-13-11-20/h16H,2-15H2,1H3. The SMILES string of the molecule is CC1(CC(=O)N2CCCC(S(=O)(=O)N3CCOCC3)C2)CCCCC1. The second-order valence-corrected chi connectivity index (χ2v) is 10.4. The maximum absolute atomic E-state index is 12.9. The van der Waals surface area contributed by atoms with Crippen LogP contribution in [-0.4, -0.2) is 68.2 Å². The Morgan fingerprint density at radius 1 is 1.08 bits per heavy atom. The lowest BCUT2D eigenvalue weighted by atomic mass is 9.73. The van der Waals surface area contributed by atoms with Crippen LogP contribution in [0, 0.1) is 5.41 Å². The average molecular weight is 373 g/mol. The van der Waals surface area contributed by atoms with E-state index < -0.39 is 15.3 Å². The van der Waals surface area contributed by atoms with Gasteiger partial charge in [0.15, 0.2) is 0 Å². The van der Waals surface area contributed by atoms with E-state index in [2.05, 4.69) is 6.92 Å². The number of ether oxygens (including phenoxy) is 1. The average Bonchev–Trinajstić information content (AvgIpc) is 2.63. The van der Waals surface area contributed by atoms with Crippen LogP contribution in [-0.2, 0) is 19.6 Å². The van der Waals surface area contributed by atoms with Crippen LogP contribution in [0.3, 0.4) is 0 Å². The van der Waals surface area contributed by atoms with Gasteiger partial charge in [-0.3, -0.25) is 4.79 Å². The topological polar surface area (TPSA) is 66.9 Å². The molecular formula is C18H32N2O4S. The molecular weight excluding hydrogens is 340 g/mol. The highest BCUT2D eigenvalue weighted by molar-refractivity contribution is 7.89. The maximum Gasteiger partial charge on any atom is 0.223 e. The molecule has 1 atom stereocenters. The van der Waals surface area contributed by atoms with E-state index in [1.54, 1.807) is 4.31 Å². The predicted molar refractivity (Wildman–Crippen MR) is 96.7 cm³/mol. The molecule has 0 aromatic rings. The van der Waals surface area contributed by atoms with Gasteiger partial charge in [-0.2, -0.15) is 4.31 Å². The van der Waals surface area contributed by atoms with Gasteiger partial charge in [-0.1, -0.05) is 26.2 Å². The molecule has 1 unspecified atom stereocenters. The summed E-state index contributed by atoms with van der Waals surface area (Å²) in [5.74, 6) is 0.145. The number of hydrogen-bond acceptors (Lipinski definition) is 4. The number of rotatable bonds is 4. The number of likely N-dealkylation sites (tertiary alicyclic amines) is 1. The Morgan fingerprint density at radius 3 is 2.44 bits per heavy atom. The molecule has 3 fully saturated rings. The van der Waals surface area contributed by atoms with Gasteiger partial charge in [0.1, 0.15) is 0 Å². The molecule has 7 heteroatoms. The molecule has 0 aromatic heterocycles. The molecule has 3 rings (SSSR count). The van der Waals surface area contributed by atoms with E-state index in [9.17, 15) is 13.2 Å². The van der Waals surface area contributed by atoms with E-state index in [1.807, 2.05) is 4.90 Å². The van der Waals surface area contributed by atoms with Gasteiger partial charge in [0.05, 0.1) is 18.5 Å². The predicted octanol–water partition coefficient (Wildman–Crippen LogP) is 2.00. The summed E-state index contributed by atoms with van der Waals surface area (Å²) in [5.41, 5.74) is 0.103. The lowest BCUT2D eigenvalue weighted by molar-refractivity contribution is -0.134. The van der Waals surface area contributed by atoms with Crippen molar-refractivity contribution in [2.75, 3.05) is 39.4 Å². The first-order chi connectivity index (χ1) is 11.9. The Balaban J connectivity index is 1.61. The molecule has 0 radical (unpaired) electrons. The van der Waals surface area contributed by atoms with E-state index in [1.165, 1.54) is 19.3 Å². The summed E-state index contributed by atoms with van der Waals surface area (Å²) in [5, 5.41) is -0.456. The molecule has 0 bridgehead atoms. The highest BCUT2D eigenvalue weighted by Crippen LogP contribution is 2.39. The van der Waals surface area contributed by atoms with E-state index in [4.69, 9.17) is 4.74 Å². The Hall–Kier alpha value is -0.660. The maximum atomic E-state index is 12.9. The van der Waals surface area contributed by atoms with Crippen LogP contribution in [0.25, 0.3) is 0 Å². The molecule has 3 aliphatic rings. The van der Waals surface area contributed by atoms with Crippen molar-refractivity contribution in [3.63, 3.8) is 0 Å². The molecule has 0 N–H and O–H groups in total. The van der Waals surface area contributed by atoms with Crippen LogP contribution in [0.4, 0.5) is 0 Å². The van der Waals surface area contributed by atoms with Gasteiger partial charge in [0.2, 0.25) is 15.9 Å².